The van der Waals surface area contributed by atoms with Crippen LogP contribution >= 0.6 is 0 Å². The SMILES string of the molecule is c1ccc(-c2cc(-c3ccccc3)nc(-c3ccc(-c4cccc5c4C4(c6ccccc6C6(c7ccccc7-c7ccccc76)c6ccccc64)c4ccc6c(oc7ccccc76)c4-5)cc3)n2)cc1. The summed E-state index contributed by atoms with van der Waals surface area (Å²) in [5.41, 5.74) is 23.0. The van der Waals surface area contributed by atoms with E-state index in [1.54, 1.807) is 0 Å². The molecule has 0 atom stereocenters. The summed E-state index contributed by atoms with van der Waals surface area (Å²) in [5, 5.41) is 2.25. The van der Waals surface area contributed by atoms with Crippen molar-refractivity contribution >= 4 is 21.9 Å². The average Bonchev–Trinajstić information content (AvgIpc) is 4.06. The van der Waals surface area contributed by atoms with E-state index in [9.17, 15) is 0 Å². The van der Waals surface area contributed by atoms with E-state index in [2.05, 4.69) is 231 Å². The lowest BCUT2D eigenvalue weighted by Gasteiger charge is -2.49. The molecule has 2 heterocycles. The van der Waals surface area contributed by atoms with Crippen LogP contribution in [0.1, 0.15) is 44.5 Å². The molecule has 0 N–H and O–H groups in total. The first-order chi connectivity index (χ1) is 34.2. The summed E-state index contributed by atoms with van der Waals surface area (Å²) >= 11 is 0. The van der Waals surface area contributed by atoms with Crippen molar-refractivity contribution in [3.05, 3.63) is 287 Å². The van der Waals surface area contributed by atoms with E-state index in [1.165, 1.54) is 66.8 Å². The second kappa shape index (κ2) is 14.3. The number of para-hydroxylation sites is 1. The van der Waals surface area contributed by atoms with Gasteiger partial charge in [-0.3, -0.25) is 0 Å². The minimum atomic E-state index is -0.713. The summed E-state index contributed by atoms with van der Waals surface area (Å²) in [6.07, 6.45) is 0. The highest BCUT2D eigenvalue weighted by Crippen LogP contribution is 2.69. The highest BCUT2D eigenvalue weighted by Gasteiger charge is 2.59. The van der Waals surface area contributed by atoms with Crippen LogP contribution < -0.4 is 0 Å². The second-order valence-electron chi connectivity index (χ2n) is 18.6. The van der Waals surface area contributed by atoms with E-state index in [0.717, 1.165) is 61.1 Å². The molecule has 2 spiro atoms. The van der Waals surface area contributed by atoms with Gasteiger partial charge in [0.15, 0.2) is 5.82 Å². The zero-order chi connectivity index (χ0) is 45.3. The normalized spacial score (nSPS) is 14.0. The summed E-state index contributed by atoms with van der Waals surface area (Å²) in [6.45, 7) is 0. The summed E-state index contributed by atoms with van der Waals surface area (Å²) in [4.78, 5) is 10.4. The Morgan fingerprint density at radius 3 is 1.39 bits per heavy atom. The lowest BCUT2D eigenvalue weighted by atomic mass is 9.52. The molecule has 320 valence electrons. The van der Waals surface area contributed by atoms with Crippen molar-refractivity contribution in [1.29, 1.82) is 0 Å². The summed E-state index contributed by atoms with van der Waals surface area (Å²) < 4.78 is 7.03. The van der Waals surface area contributed by atoms with Gasteiger partial charge in [0.05, 0.1) is 22.2 Å². The molecule has 0 unspecified atom stereocenters. The molecule has 3 heteroatoms. The molecule has 0 saturated carbocycles. The van der Waals surface area contributed by atoms with Crippen molar-refractivity contribution < 1.29 is 4.42 Å². The number of hydrogen-bond acceptors (Lipinski definition) is 3. The molecular weight excluding hydrogens is 837 g/mol. The van der Waals surface area contributed by atoms with Gasteiger partial charge in [0, 0.05) is 33.0 Å². The molecule has 0 radical (unpaired) electrons. The minimum Gasteiger partial charge on any atom is -0.455 e. The minimum absolute atomic E-state index is 0.540. The van der Waals surface area contributed by atoms with Crippen molar-refractivity contribution in [1.82, 2.24) is 9.97 Å². The van der Waals surface area contributed by atoms with Crippen LogP contribution in [0, 0.1) is 0 Å². The third-order valence-corrected chi connectivity index (χ3v) is 15.4. The molecule has 10 aromatic carbocycles. The molecule has 12 aromatic rings. The topological polar surface area (TPSA) is 38.9 Å². The second-order valence-corrected chi connectivity index (χ2v) is 18.6. The molecule has 15 rings (SSSR count). The first-order valence-corrected chi connectivity index (χ1v) is 23.8. The fraction of sp³-hybridized carbons (Fsp3) is 0.0303. The standard InChI is InChI=1S/C66H40N2O/c1-3-18-42(19-4-1)58-40-59(43-20-5-2-6-21-43)68-64(67-58)44-36-34-41(35-37-44)45-25-17-26-50-61-57(39-38-49-48-24-9-16-33-60(48)69-63(49)61)66(62(45)50)55-31-14-12-29-53(55)65(54-30-13-15-32-56(54)66)51-27-10-7-22-46(51)47-23-8-11-28-52(47)65/h1-40H. The number of hydrogen-bond donors (Lipinski definition) is 0. The van der Waals surface area contributed by atoms with Crippen LogP contribution in [-0.2, 0) is 10.8 Å². The Balaban J connectivity index is 1.01. The molecule has 0 fully saturated rings. The van der Waals surface area contributed by atoms with Crippen LogP contribution in [0.4, 0.5) is 0 Å². The van der Waals surface area contributed by atoms with E-state index >= 15 is 0 Å². The first kappa shape index (κ1) is 38.2. The Kier molecular flexibility index (Phi) is 7.92. The van der Waals surface area contributed by atoms with Crippen LogP contribution in [0.15, 0.2) is 247 Å². The molecular formula is C66H40N2O. The van der Waals surface area contributed by atoms with Crippen molar-refractivity contribution in [3.8, 4) is 67.3 Å². The van der Waals surface area contributed by atoms with Gasteiger partial charge >= 0.3 is 0 Å². The van der Waals surface area contributed by atoms with Crippen LogP contribution in [0.3, 0.4) is 0 Å². The van der Waals surface area contributed by atoms with E-state index in [-0.39, 0.29) is 0 Å². The maximum Gasteiger partial charge on any atom is 0.160 e. The van der Waals surface area contributed by atoms with Gasteiger partial charge in [0.25, 0.3) is 0 Å². The third kappa shape index (κ3) is 5.06. The van der Waals surface area contributed by atoms with Gasteiger partial charge in [-0.1, -0.05) is 231 Å². The average molecular weight is 877 g/mol. The number of benzene rings is 10. The molecule has 0 amide bonds. The van der Waals surface area contributed by atoms with Gasteiger partial charge in [-0.2, -0.15) is 0 Å². The molecule has 3 aliphatic rings. The molecule has 3 nitrogen and oxygen atoms in total. The zero-order valence-corrected chi connectivity index (χ0v) is 37.4. The predicted molar refractivity (Wildman–Crippen MR) is 279 cm³/mol. The molecule has 0 aliphatic heterocycles. The van der Waals surface area contributed by atoms with E-state index in [0.29, 0.717) is 5.82 Å². The van der Waals surface area contributed by atoms with Gasteiger partial charge < -0.3 is 4.42 Å². The molecule has 2 aromatic heterocycles. The van der Waals surface area contributed by atoms with Crippen molar-refractivity contribution in [2.75, 3.05) is 0 Å². The first-order valence-electron chi connectivity index (χ1n) is 23.8. The Morgan fingerprint density at radius 1 is 0.304 bits per heavy atom. The summed E-state index contributed by atoms with van der Waals surface area (Å²) in [7, 11) is 0. The summed E-state index contributed by atoms with van der Waals surface area (Å²) in [6, 6.07) is 88.7. The highest BCUT2D eigenvalue weighted by molar-refractivity contribution is 6.13. The Bertz CT molecular complexity index is 3920. The van der Waals surface area contributed by atoms with E-state index in [4.69, 9.17) is 14.4 Å². The molecule has 69 heavy (non-hydrogen) atoms. The molecule has 0 saturated heterocycles. The zero-order valence-electron chi connectivity index (χ0n) is 37.4. The van der Waals surface area contributed by atoms with Crippen LogP contribution in [0.2, 0.25) is 0 Å². The lowest BCUT2D eigenvalue weighted by Crippen LogP contribution is -2.44. The lowest BCUT2D eigenvalue weighted by molar-refractivity contribution is 0.632. The van der Waals surface area contributed by atoms with Crippen molar-refractivity contribution in [3.63, 3.8) is 0 Å². The molecule has 3 aliphatic carbocycles. The Labute approximate surface area is 399 Å². The van der Waals surface area contributed by atoms with Gasteiger partial charge in [-0.05, 0) is 84.5 Å². The van der Waals surface area contributed by atoms with E-state index in [1.807, 2.05) is 12.1 Å². The van der Waals surface area contributed by atoms with E-state index < -0.39 is 10.8 Å². The number of fused-ring (bicyclic) bond motifs is 20. The number of nitrogens with zero attached hydrogens (tertiary/aromatic N) is 2. The fourth-order valence-electron chi connectivity index (χ4n) is 12.7. The Morgan fingerprint density at radius 2 is 0.783 bits per heavy atom. The van der Waals surface area contributed by atoms with Crippen LogP contribution in [0.25, 0.3) is 89.2 Å². The van der Waals surface area contributed by atoms with Crippen molar-refractivity contribution in [2.24, 2.45) is 0 Å². The Hall–Kier alpha value is -8.92. The number of furan rings is 1. The van der Waals surface area contributed by atoms with Gasteiger partial charge in [0.1, 0.15) is 11.2 Å². The van der Waals surface area contributed by atoms with Crippen molar-refractivity contribution in [2.45, 2.75) is 10.8 Å². The highest BCUT2D eigenvalue weighted by atomic mass is 16.3. The largest absolute Gasteiger partial charge is 0.455 e. The monoisotopic (exact) mass is 876 g/mol. The molecule has 0 bridgehead atoms. The van der Waals surface area contributed by atoms with Crippen LogP contribution in [-0.4, -0.2) is 9.97 Å². The van der Waals surface area contributed by atoms with Gasteiger partial charge in [-0.15, -0.1) is 0 Å². The number of rotatable bonds is 4. The smallest absolute Gasteiger partial charge is 0.160 e. The third-order valence-electron chi connectivity index (χ3n) is 15.4. The fourth-order valence-corrected chi connectivity index (χ4v) is 12.7. The van der Waals surface area contributed by atoms with Gasteiger partial charge in [-0.25, -0.2) is 9.97 Å². The van der Waals surface area contributed by atoms with Gasteiger partial charge in [0.2, 0.25) is 0 Å². The number of aromatic nitrogens is 2. The predicted octanol–water partition coefficient (Wildman–Crippen LogP) is 16.1. The summed E-state index contributed by atoms with van der Waals surface area (Å²) in [5.74, 6) is 0.689. The quantitative estimate of drug-likeness (QED) is 0.177. The maximum absolute atomic E-state index is 7.03. The van der Waals surface area contributed by atoms with Crippen LogP contribution in [0.5, 0.6) is 0 Å². The maximum atomic E-state index is 7.03.